The van der Waals surface area contributed by atoms with Gasteiger partial charge in [0.1, 0.15) is 11.9 Å². The molecular weight excluding hydrogens is 258 g/mol. The third-order valence-corrected chi connectivity index (χ3v) is 3.79. The summed E-state index contributed by atoms with van der Waals surface area (Å²) < 4.78 is 25.9. The van der Waals surface area contributed by atoms with E-state index in [9.17, 15) is 13.2 Å². The second-order valence-electron chi connectivity index (χ2n) is 3.99. The topological polar surface area (TPSA) is 112 Å². The van der Waals surface area contributed by atoms with Gasteiger partial charge in [0, 0.05) is 0 Å². The normalized spacial score (nSPS) is 13.4. The highest BCUT2D eigenvalue weighted by atomic mass is 32.2. The monoisotopic (exact) mass is 275 g/mol. The Morgan fingerprint density at radius 2 is 2.28 bits per heavy atom. The summed E-state index contributed by atoms with van der Waals surface area (Å²) in [5.41, 5.74) is 0. The van der Waals surface area contributed by atoms with Crippen molar-refractivity contribution >= 4 is 16.0 Å². The van der Waals surface area contributed by atoms with Crippen molar-refractivity contribution in [2.45, 2.75) is 44.2 Å². The molecule has 0 aliphatic carbocycles. The molecule has 1 heterocycles. The Hall–Kier alpha value is -1.41. The van der Waals surface area contributed by atoms with Crippen molar-refractivity contribution in [3.8, 4) is 0 Å². The Balaban J connectivity index is 2.82. The number of aromatic amines is 1. The molecule has 102 valence electrons. The number of unbranched alkanes of at least 4 members (excludes halogenated alkanes) is 1. The summed E-state index contributed by atoms with van der Waals surface area (Å²) in [7, 11) is -3.86. The predicted octanol–water partition coefficient (Wildman–Crippen LogP) is 0.640. The summed E-state index contributed by atoms with van der Waals surface area (Å²) in [4.78, 5) is 17.3. The number of aliphatic carboxylic acids is 1. The van der Waals surface area contributed by atoms with Crippen molar-refractivity contribution in [1.29, 1.82) is 0 Å². The zero-order valence-corrected chi connectivity index (χ0v) is 11.1. The quantitative estimate of drug-likeness (QED) is 0.676. The van der Waals surface area contributed by atoms with E-state index in [1.54, 1.807) is 6.92 Å². The van der Waals surface area contributed by atoms with Crippen molar-refractivity contribution in [2.24, 2.45) is 0 Å². The first-order chi connectivity index (χ1) is 8.36. The standard InChI is InChI=1S/C10H17N3O4S/c1-3-4-5-8(10(14)15)13-18(16,17)9-6-11-7(2)12-9/h6,8,13H,3-5H2,1-2H3,(H,11,12)(H,14,15)/t8-/m0/s1. The number of rotatable bonds is 7. The SMILES string of the molecule is CCCC[C@H](NS(=O)(=O)c1cnc(C)[nH]1)C(=O)O. The minimum Gasteiger partial charge on any atom is -0.480 e. The molecule has 0 aliphatic rings. The van der Waals surface area contributed by atoms with Crippen LogP contribution in [0.3, 0.4) is 0 Å². The number of H-pyrrole nitrogens is 1. The van der Waals surface area contributed by atoms with Crippen LogP contribution in [0.4, 0.5) is 0 Å². The molecule has 3 N–H and O–H groups in total. The average Bonchev–Trinajstić information content (AvgIpc) is 2.71. The lowest BCUT2D eigenvalue weighted by atomic mass is 10.1. The molecule has 1 rings (SSSR count). The van der Waals surface area contributed by atoms with Crippen molar-refractivity contribution in [2.75, 3.05) is 0 Å². The third kappa shape index (κ3) is 3.81. The Kier molecular flexibility index (Phi) is 4.85. The lowest BCUT2D eigenvalue weighted by Gasteiger charge is -2.13. The fourth-order valence-corrected chi connectivity index (χ4v) is 2.62. The summed E-state index contributed by atoms with van der Waals surface area (Å²) in [5.74, 6) is -0.723. The average molecular weight is 275 g/mol. The van der Waals surface area contributed by atoms with Crippen LogP contribution in [-0.2, 0) is 14.8 Å². The van der Waals surface area contributed by atoms with Gasteiger partial charge in [-0.05, 0) is 13.3 Å². The van der Waals surface area contributed by atoms with Gasteiger partial charge in [-0.25, -0.2) is 13.4 Å². The van der Waals surface area contributed by atoms with Crippen LogP contribution >= 0.6 is 0 Å². The van der Waals surface area contributed by atoms with E-state index in [4.69, 9.17) is 5.11 Å². The number of aromatic nitrogens is 2. The van der Waals surface area contributed by atoms with Gasteiger partial charge < -0.3 is 10.1 Å². The summed E-state index contributed by atoms with van der Waals surface area (Å²) in [5, 5.41) is 8.84. The fraction of sp³-hybridized carbons (Fsp3) is 0.600. The first-order valence-electron chi connectivity index (χ1n) is 5.63. The van der Waals surface area contributed by atoms with Gasteiger partial charge in [-0.1, -0.05) is 19.8 Å². The molecule has 0 spiro atoms. The highest BCUT2D eigenvalue weighted by Crippen LogP contribution is 2.09. The highest BCUT2D eigenvalue weighted by molar-refractivity contribution is 7.89. The van der Waals surface area contributed by atoms with E-state index in [1.807, 2.05) is 6.92 Å². The van der Waals surface area contributed by atoms with E-state index in [0.717, 1.165) is 12.6 Å². The molecule has 0 bridgehead atoms. The van der Waals surface area contributed by atoms with Gasteiger partial charge in [-0.15, -0.1) is 0 Å². The van der Waals surface area contributed by atoms with Crippen LogP contribution in [0.2, 0.25) is 0 Å². The van der Waals surface area contributed by atoms with Crippen LogP contribution in [-0.4, -0.2) is 35.5 Å². The van der Waals surface area contributed by atoms with Crippen molar-refractivity contribution in [3.63, 3.8) is 0 Å². The van der Waals surface area contributed by atoms with Gasteiger partial charge in [-0.2, -0.15) is 4.72 Å². The molecule has 1 atom stereocenters. The number of hydrogen-bond acceptors (Lipinski definition) is 4. The Bertz CT molecular complexity index is 509. The molecule has 0 radical (unpaired) electrons. The van der Waals surface area contributed by atoms with Crippen LogP contribution in [0.15, 0.2) is 11.2 Å². The molecule has 8 heteroatoms. The molecule has 18 heavy (non-hydrogen) atoms. The van der Waals surface area contributed by atoms with Gasteiger partial charge in [0.2, 0.25) is 0 Å². The number of carboxylic acid groups (broad SMARTS) is 1. The van der Waals surface area contributed by atoms with Crippen molar-refractivity contribution in [1.82, 2.24) is 14.7 Å². The molecule has 7 nitrogen and oxygen atoms in total. The number of nitrogens with one attached hydrogen (secondary N) is 2. The van der Waals surface area contributed by atoms with E-state index in [-0.39, 0.29) is 11.4 Å². The number of carboxylic acids is 1. The molecule has 0 fully saturated rings. The summed E-state index contributed by atoms with van der Waals surface area (Å²) >= 11 is 0. The van der Waals surface area contributed by atoms with Gasteiger partial charge >= 0.3 is 5.97 Å². The van der Waals surface area contributed by atoms with Crippen LogP contribution in [0.1, 0.15) is 32.0 Å². The molecule has 0 unspecified atom stereocenters. The zero-order chi connectivity index (χ0) is 13.8. The second kappa shape index (κ2) is 5.96. The first kappa shape index (κ1) is 14.7. The highest BCUT2D eigenvalue weighted by Gasteiger charge is 2.25. The van der Waals surface area contributed by atoms with E-state index >= 15 is 0 Å². The molecular formula is C10H17N3O4S. The molecule has 0 aromatic carbocycles. The molecule has 0 aliphatic heterocycles. The molecule has 1 aromatic rings. The fourth-order valence-electron chi connectivity index (χ4n) is 1.43. The summed E-state index contributed by atoms with van der Waals surface area (Å²) in [6.45, 7) is 3.52. The Morgan fingerprint density at radius 1 is 1.61 bits per heavy atom. The van der Waals surface area contributed by atoms with Crippen LogP contribution < -0.4 is 4.72 Å². The maximum Gasteiger partial charge on any atom is 0.321 e. The van der Waals surface area contributed by atoms with E-state index in [2.05, 4.69) is 14.7 Å². The van der Waals surface area contributed by atoms with E-state index in [0.29, 0.717) is 12.2 Å². The van der Waals surface area contributed by atoms with Gasteiger partial charge in [0.15, 0.2) is 5.03 Å². The summed E-state index contributed by atoms with van der Waals surface area (Å²) in [6, 6.07) is -1.11. The maximum absolute atomic E-state index is 11.9. The van der Waals surface area contributed by atoms with Crippen LogP contribution in [0, 0.1) is 6.92 Å². The predicted molar refractivity (Wildman–Crippen MR) is 64.6 cm³/mol. The molecule has 0 amide bonds. The van der Waals surface area contributed by atoms with Crippen molar-refractivity contribution in [3.05, 3.63) is 12.0 Å². The maximum atomic E-state index is 11.9. The van der Waals surface area contributed by atoms with E-state index in [1.165, 1.54) is 0 Å². The number of sulfonamides is 1. The largest absolute Gasteiger partial charge is 0.480 e. The molecule has 0 saturated carbocycles. The minimum absolute atomic E-state index is 0.122. The van der Waals surface area contributed by atoms with Crippen LogP contribution in [0.5, 0.6) is 0 Å². The van der Waals surface area contributed by atoms with Crippen LogP contribution in [0.25, 0.3) is 0 Å². The number of hydrogen-bond donors (Lipinski definition) is 3. The second-order valence-corrected chi connectivity index (χ2v) is 5.67. The lowest BCUT2D eigenvalue weighted by Crippen LogP contribution is -2.40. The van der Waals surface area contributed by atoms with Gasteiger partial charge in [0.05, 0.1) is 6.20 Å². The smallest absolute Gasteiger partial charge is 0.321 e. The molecule has 1 aromatic heterocycles. The molecule has 0 saturated heterocycles. The van der Waals surface area contributed by atoms with Crippen molar-refractivity contribution < 1.29 is 18.3 Å². The van der Waals surface area contributed by atoms with E-state index < -0.39 is 22.0 Å². The minimum atomic E-state index is -3.86. The number of aryl methyl sites for hydroxylation is 1. The van der Waals surface area contributed by atoms with Gasteiger partial charge in [-0.3, -0.25) is 4.79 Å². The van der Waals surface area contributed by atoms with Gasteiger partial charge in [0.25, 0.3) is 10.0 Å². The third-order valence-electron chi connectivity index (χ3n) is 2.41. The number of carbonyl (C=O) groups is 1. The lowest BCUT2D eigenvalue weighted by molar-refractivity contribution is -0.139. The number of imidazole rings is 1. The number of nitrogens with zero attached hydrogens (tertiary/aromatic N) is 1. The Morgan fingerprint density at radius 3 is 2.72 bits per heavy atom. The zero-order valence-electron chi connectivity index (χ0n) is 10.3. The first-order valence-corrected chi connectivity index (χ1v) is 7.12. The summed E-state index contributed by atoms with van der Waals surface area (Å²) in [6.07, 6.45) is 2.87. The Labute approximate surface area is 106 Å².